The molecule has 0 spiro atoms. The fraction of sp³-hybridized carbons (Fsp3) is 0.200. The molecule has 0 aliphatic rings. The molecule has 2 aromatic heterocycles. The molecule has 0 saturated carbocycles. The van der Waals surface area contributed by atoms with E-state index in [1.54, 1.807) is 19.2 Å². The van der Waals surface area contributed by atoms with Crippen LogP contribution in [0.1, 0.15) is 10.6 Å². The van der Waals surface area contributed by atoms with E-state index in [-0.39, 0.29) is 5.76 Å². The van der Waals surface area contributed by atoms with Crippen LogP contribution in [-0.4, -0.2) is 24.2 Å². The van der Waals surface area contributed by atoms with Crippen LogP contribution in [0.4, 0.5) is 0 Å². The van der Waals surface area contributed by atoms with Crippen molar-refractivity contribution in [1.82, 2.24) is 4.57 Å². The third-order valence-corrected chi connectivity index (χ3v) is 4.57. The van der Waals surface area contributed by atoms with Gasteiger partial charge in [0.2, 0.25) is 0 Å². The van der Waals surface area contributed by atoms with Crippen LogP contribution in [0.3, 0.4) is 0 Å². The van der Waals surface area contributed by atoms with Crippen LogP contribution >= 0.6 is 27.3 Å². The lowest BCUT2D eigenvalue weighted by atomic mass is 10.3. The maximum absolute atomic E-state index is 12.2. The van der Waals surface area contributed by atoms with Crippen molar-refractivity contribution in [2.45, 2.75) is 6.54 Å². The van der Waals surface area contributed by atoms with Gasteiger partial charge in [0.05, 0.1) is 16.8 Å². The Morgan fingerprint density at radius 2 is 2.18 bits per heavy atom. The van der Waals surface area contributed by atoms with Gasteiger partial charge in [0.1, 0.15) is 0 Å². The fourth-order valence-electron chi connectivity index (χ4n) is 2.08. The zero-order valence-corrected chi connectivity index (χ0v) is 14.2. The van der Waals surface area contributed by atoms with Crippen molar-refractivity contribution in [2.75, 3.05) is 13.7 Å². The maximum Gasteiger partial charge on any atom is 0.315 e. The summed E-state index contributed by atoms with van der Waals surface area (Å²) in [6, 6.07) is 11.2. The Hall–Kier alpha value is -1.70. The molecule has 0 bridgehead atoms. The quantitative estimate of drug-likeness (QED) is 0.696. The standard InChI is InChI=1S/C15H13BrN2O3S/c1-20-9-8-18-10-4-2-3-5-12(10)22-15(18)17-14(19)11-6-7-13(16)21-11/h2-7H,8-9H2,1H3. The van der Waals surface area contributed by atoms with Crippen molar-refractivity contribution in [3.63, 3.8) is 0 Å². The highest BCUT2D eigenvalue weighted by molar-refractivity contribution is 9.10. The van der Waals surface area contributed by atoms with Gasteiger partial charge in [-0.25, -0.2) is 0 Å². The molecular weight excluding hydrogens is 368 g/mol. The Morgan fingerprint density at radius 1 is 1.36 bits per heavy atom. The Kier molecular flexibility index (Phi) is 4.56. The second-order valence-electron chi connectivity index (χ2n) is 4.52. The van der Waals surface area contributed by atoms with E-state index in [1.807, 2.05) is 28.8 Å². The van der Waals surface area contributed by atoms with Crippen LogP contribution < -0.4 is 4.80 Å². The van der Waals surface area contributed by atoms with E-state index in [9.17, 15) is 4.79 Å². The van der Waals surface area contributed by atoms with E-state index in [4.69, 9.17) is 9.15 Å². The van der Waals surface area contributed by atoms with Crippen molar-refractivity contribution >= 4 is 43.4 Å². The Morgan fingerprint density at radius 3 is 2.91 bits per heavy atom. The van der Waals surface area contributed by atoms with Crippen LogP contribution in [0.25, 0.3) is 10.2 Å². The number of fused-ring (bicyclic) bond motifs is 1. The van der Waals surface area contributed by atoms with Gasteiger partial charge in [0, 0.05) is 13.7 Å². The number of ether oxygens (including phenoxy) is 1. The summed E-state index contributed by atoms with van der Waals surface area (Å²) in [5.74, 6) is -0.189. The van der Waals surface area contributed by atoms with Crippen molar-refractivity contribution in [3.8, 4) is 0 Å². The van der Waals surface area contributed by atoms with Gasteiger partial charge in [-0.1, -0.05) is 23.5 Å². The monoisotopic (exact) mass is 380 g/mol. The lowest BCUT2D eigenvalue weighted by Gasteiger charge is -2.03. The van der Waals surface area contributed by atoms with E-state index in [2.05, 4.69) is 20.9 Å². The van der Waals surface area contributed by atoms with Crippen molar-refractivity contribution in [2.24, 2.45) is 4.99 Å². The predicted octanol–water partition coefficient (Wildman–Crippen LogP) is 3.45. The molecule has 22 heavy (non-hydrogen) atoms. The van der Waals surface area contributed by atoms with Gasteiger partial charge in [-0.15, -0.1) is 0 Å². The molecule has 1 amide bonds. The number of carbonyl (C=O) groups is 1. The molecule has 0 atom stereocenters. The number of aromatic nitrogens is 1. The molecule has 0 N–H and O–H groups in total. The van der Waals surface area contributed by atoms with Crippen molar-refractivity contribution in [3.05, 3.63) is 51.6 Å². The van der Waals surface area contributed by atoms with E-state index >= 15 is 0 Å². The summed E-state index contributed by atoms with van der Waals surface area (Å²) < 4.78 is 14.0. The number of benzene rings is 1. The van der Waals surface area contributed by atoms with Gasteiger partial charge in [-0.05, 0) is 40.2 Å². The third kappa shape index (κ3) is 3.06. The molecule has 3 aromatic rings. The number of carbonyl (C=O) groups excluding carboxylic acids is 1. The minimum Gasteiger partial charge on any atom is -0.444 e. The van der Waals surface area contributed by atoms with Crippen LogP contribution in [0.5, 0.6) is 0 Å². The van der Waals surface area contributed by atoms with Crippen LogP contribution in [0, 0.1) is 0 Å². The summed E-state index contributed by atoms with van der Waals surface area (Å²) in [5.41, 5.74) is 1.04. The Balaban J connectivity index is 2.08. The summed E-state index contributed by atoms with van der Waals surface area (Å²) >= 11 is 4.65. The second kappa shape index (κ2) is 6.60. The molecule has 0 aliphatic heterocycles. The molecule has 114 valence electrons. The first-order valence-electron chi connectivity index (χ1n) is 6.61. The van der Waals surface area contributed by atoms with Crippen molar-refractivity contribution < 1.29 is 13.9 Å². The molecule has 0 fully saturated rings. The molecule has 1 aromatic carbocycles. The average molecular weight is 381 g/mol. The largest absolute Gasteiger partial charge is 0.444 e. The normalized spacial score (nSPS) is 12.2. The molecule has 0 unspecified atom stereocenters. The summed E-state index contributed by atoms with van der Waals surface area (Å²) in [7, 11) is 1.65. The second-order valence-corrected chi connectivity index (χ2v) is 6.31. The fourth-order valence-corrected chi connectivity index (χ4v) is 3.44. The van der Waals surface area contributed by atoms with Gasteiger partial charge in [0.15, 0.2) is 15.2 Å². The molecule has 0 saturated heterocycles. The average Bonchev–Trinajstić information content (AvgIpc) is 3.09. The van der Waals surface area contributed by atoms with Gasteiger partial charge in [-0.3, -0.25) is 4.79 Å². The Bertz CT molecular complexity index is 878. The van der Waals surface area contributed by atoms with Crippen molar-refractivity contribution in [1.29, 1.82) is 0 Å². The number of para-hydroxylation sites is 1. The van der Waals surface area contributed by atoms with Gasteiger partial charge in [-0.2, -0.15) is 4.99 Å². The minimum absolute atomic E-state index is 0.211. The number of methoxy groups -OCH3 is 1. The molecule has 7 heteroatoms. The number of furan rings is 1. The minimum atomic E-state index is -0.400. The van der Waals surface area contributed by atoms with E-state index < -0.39 is 5.91 Å². The number of rotatable bonds is 4. The number of hydrogen-bond donors (Lipinski definition) is 0. The highest BCUT2D eigenvalue weighted by Crippen LogP contribution is 2.18. The summed E-state index contributed by atoms with van der Waals surface area (Å²) in [6.45, 7) is 1.18. The predicted molar refractivity (Wildman–Crippen MR) is 88.0 cm³/mol. The summed E-state index contributed by atoms with van der Waals surface area (Å²) in [6.07, 6.45) is 0. The highest BCUT2D eigenvalue weighted by atomic mass is 79.9. The lowest BCUT2D eigenvalue weighted by Crippen LogP contribution is -2.19. The van der Waals surface area contributed by atoms with Crippen LogP contribution in [0.15, 0.2) is 50.5 Å². The van der Waals surface area contributed by atoms with E-state index in [1.165, 1.54) is 11.3 Å². The number of halogens is 1. The number of amides is 1. The number of hydrogen-bond acceptors (Lipinski definition) is 4. The van der Waals surface area contributed by atoms with Crippen LogP contribution in [0.2, 0.25) is 0 Å². The zero-order valence-electron chi connectivity index (χ0n) is 11.8. The first-order valence-corrected chi connectivity index (χ1v) is 8.21. The Labute approximate surface area is 139 Å². The van der Waals surface area contributed by atoms with E-state index in [0.29, 0.717) is 22.6 Å². The topological polar surface area (TPSA) is 56.7 Å². The SMILES string of the molecule is COCCn1c(=NC(=O)c2ccc(Br)o2)sc2ccccc21. The summed E-state index contributed by atoms with van der Waals surface area (Å²) in [5, 5.41) is 0. The van der Waals surface area contributed by atoms with Crippen LogP contribution in [-0.2, 0) is 11.3 Å². The first kappa shape index (κ1) is 15.2. The lowest BCUT2D eigenvalue weighted by molar-refractivity contribution is 0.0969. The number of nitrogens with zero attached hydrogens (tertiary/aromatic N) is 2. The molecule has 0 aliphatic carbocycles. The molecule has 5 nitrogen and oxygen atoms in total. The van der Waals surface area contributed by atoms with E-state index in [0.717, 1.165) is 10.2 Å². The molecule has 3 rings (SSSR count). The molecule has 0 radical (unpaired) electrons. The number of thiazole rings is 1. The van der Waals surface area contributed by atoms with Gasteiger partial charge in [0.25, 0.3) is 0 Å². The first-order chi connectivity index (χ1) is 10.7. The van der Waals surface area contributed by atoms with Gasteiger partial charge < -0.3 is 13.7 Å². The molecular formula is C15H13BrN2O3S. The third-order valence-electron chi connectivity index (χ3n) is 3.09. The zero-order chi connectivity index (χ0) is 15.5. The smallest absolute Gasteiger partial charge is 0.315 e. The molecule has 2 heterocycles. The highest BCUT2D eigenvalue weighted by Gasteiger charge is 2.11. The maximum atomic E-state index is 12.2. The van der Waals surface area contributed by atoms with Gasteiger partial charge >= 0.3 is 5.91 Å². The summed E-state index contributed by atoms with van der Waals surface area (Å²) in [4.78, 5) is 17.1.